The number of hydrogen-bond acceptors (Lipinski definition) is 5. The molecule has 2 atom stereocenters. The summed E-state index contributed by atoms with van der Waals surface area (Å²) < 4.78 is 26.0. The molecule has 2 heterocycles. The fourth-order valence-electron chi connectivity index (χ4n) is 2.91. The van der Waals surface area contributed by atoms with Crippen LogP contribution in [-0.2, 0) is 11.3 Å². The minimum absolute atomic E-state index is 0.0540. The van der Waals surface area contributed by atoms with Crippen molar-refractivity contribution in [3.63, 3.8) is 0 Å². The number of rotatable bonds is 7. The molecule has 1 aliphatic rings. The molecule has 6 nitrogen and oxygen atoms in total. The van der Waals surface area contributed by atoms with Crippen molar-refractivity contribution in [3.05, 3.63) is 48.0 Å². The number of aromatic nitrogens is 2. The zero-order valence-electron chi connectivity index (χ0n) is 14.3. The molecule has 136 valence electrons. The fourth-order valence-corrected chi connectivity index (χ4v) is 2.91. The summed E-state index contributed by atoms with van der Waals surface area (Å²) in [6.07, 6.45) is 3.26. The second-order valence-electron chi connectivity index (χ2n) is 6.41. The van der Waals surface area contributed by atoms with Crippen LogP contribution in [-0.4, -0.2) is 64.8 Å². The Labute approximate surface area is 146 Å². The van der Waals surface area contributed by atoms with Crippen molar-refractivity contribution < 1.29 is 19.0 Å². The van der Waals surface area contributed by atoms with Gasteiger partial charge in [-0.05, 0) is 36.8 Å². The van der Waals surface area contributed by atoms with E-state index in [1.807, 2.05) is 24.0 Å². The molecule has 0 unspecified atom stereocenters. The van der Waals surface area contributed by atoms with Gasteiger partial charge >= 0.3 is 0 Å². The van der Waals surface area contributed by atoms with E-state index in [2.05, 4.69) is 10.00 Å². The number of morpholine rings is 1. The lowest BCUT2D eigenvalue weighted by molar-refractivity contribution is -0.0517. The first-order valence-electron chi connectivity index (χ1n) is 8.48. The third kappa shape index (κ3) is 5.52. The van der Waals surface area contributed by atoms with Crippen LogP contribution in [0.2, 0.25) is 0 Å². The molecule has 1 fully saturated rings. The van der Waals surface area contributed by atoms with Crippen molar-refractivity contribution in [2.24, 2.45) is 0 Å². The van der Waals surface area contributed by atoms with Gasteiger partial charge in [-0.25, -0.2) is 4.39 Å². The number of aliphatic hydroxyl groups is 1. The monoisotopic (exact) mass is 349 g/mol. The fraction of sp³-hybridized carbons (Fsp3) is 0.500. The van der Waals surface area contributed by atoms with E-state index in [4.69, 9.17) is 9.47 Å². The van der Waals surface area contributed by atoms with Crippen LogP contribution in [0.1, 0.15) is 5.56 Å². The molecule has 1 N–H and O–H groups in total. The molecule has 2 aromatic rings. The average molecular weight is 349 g/mol. The van der Waals surface area contributed by atoms with Crippen molar-refractivity contribution >= 4 is 0 Å². The molecular weight excluding hydrogens is 325 g/mol. The van der Waals surface area contributed by atoms with Gasteiger partial charge in [-0.1, -0.05) is 0 Å². The van der Waals surface area contributed by atoms with Gasteiger partial charge in [-0.3, -0.25) is 9.58 Å². The third-order valence-electron chi connectivity index (χ3n) is 4.10. The summed E-state index contributed by atoms with van der Waals surface area (Å²) in [7, 11) is 0. The molecular formula is C18H24FN3O3. The topological polar surface area (TPSA) is 59.8 Å². The summed E-state index contributed by atoms with van der Waals surface area (Å²) in [6.45, 7) is 5.55. The molecule has 1 aromatic heterocycles. The van der Waals surface area contributed by atoms with Gasteiger partial charge in [0.25, 0.3) is 0 Å². The average Bonchev–Trinajstić information content (AvgIpc) is 2.99. The largest absolute Gasteiger partial charge is 0.491 e. The van der Waals surface area contributed by atoms with Crippen molar-refractivity contribution in [3.8, 4) is 5.75 Å². The van der Waals surface area contributed by atoms with E-state index in [-0.39, 0.29) is 18.5 Å². The Morgan fingerprint density at radius 3 is 2.92 bits per heavy atom. The predicted octanol–water partition coefficient (Wildman–Crippen LogP) is 1.47. The Balaban J connectivity index is 1.42. The molecule has 7 heteroatoms. The molecule has 1 aromatic carbocycles. The second kappa shape index (κ2) is 8.42. The van der Waals surface area contributed by atoms with Crippen molar-refractivity contribution in [1.29, 1.82) is 0 Å². The van der Waals surface area contributed by atoms with Crippen molar-refractivity contribution in [2.75, 3.05) is 32.8 Å². The molecule has 0 saturated carbocycles. The SMILES string of the molecule is Cc1cnn(C[C@@H]2CN(C[C@@H](O)COc3ccc(F)cc3)CCO2)c1. The Hall–Kier alpha value is -1.96. The summed E-state index contributed by atoms with van der Waals surface area (Å²) in [6, 6.07) is 5.79. The van der Waals surface area contributed by atoms with E-state index in [0.717, 1.165) is 18.7 Å². The van der Waals surface area contributed by atoms with E-state index in [1.165, 1.54) is 12.1 Å². The number of benzene rings is 1. The molecule has 3 rings (SSSR count). The van der Waals surface area contributed by atoms with Gasteiger partial charge in [0, 0.05) is 25.8 Å². The summed E-state index contributed by atoms with van der Waals surface area (Å²) in [5, 5.41) is 14.5. The number of aryl methyl sites for hydroxylation is 1. The van der Waals surface area contributed by atoms with Crippen LogP contribution in [0.15, 0.2) is 36.7 Å². The van der Waals surface area contributed by atoms with Crippen LogP contribution in [0.4, 0.5) is 4.39 Å². The third-order valence-corrected chi connectivity index (χ3v) is 4.10. The van der Waals surface area contributed by atoms with Crippen LogP contribution < -0.4 is 4.74 Å². The Kier molecular flexibility index (Phi) is 6.01. The van der Waals surface area contributed by atoms with Crippen LogP contribution in [0.3, 0.4) is 0 Å². The quantitative estimate of drug-likeness (QED) is 0.820. The summed E-state index contributed by atoms with van der Waals surface area (Å²) in [4.78, 5) is 2.17. The van der Waals surface area contributed by atoms with Gasteiger partial charge in [0.05, 0.1) is 25.5 Å². The molecule has 0 radical (unpaired) electrons. The van der Waals surface area contributed by atoms with Gasteiger partial charge in [0.15, 0.2) is 0 Å². The highest BCUT2D eigenvalue weighted by molar-refractivity contribution is 5.22. The predicted molar refractivity (Wildman–Crippen MR) is 91.0 cm³/mol. The standard InChI is InChI=1S/C18H24FN3O3/c1-14-8-20-22(9-14)12-18-11-21(6-7-24-18)10-16(23)13-25-17-4-2-15(19)3-5-17/h2-5,8-9,16,18,23H,6-7,10-13H2,1H3/t16-,18+/m1/s1. The summed E-state index contributed by atoms with van der Waals surface area (Å²) in [5.74, 6) is 0.244. The second-order valence-corrected chi connectivity index (χ2v) is 6.41. The maximum absolute atomic E-state index is 12.9. The zero-order chi connectivity index (χ0) is 17.6. The van der Waals surface area contributed by atoms with E-state index < -0.39 is 6.10 Å². The number of hydrogen-bond donors (Lipinski definition) is 1. The number of nitrogens with zero attached hydrogens (tertiary/aromatic N) is 3. The van der Waals surface area contributed by atoms with Crippen LogP contribution >= 0.6 is 0 Å². The highest BCUT2D eigenvalue weighted by Gasteiger charge is 2.23. The lowest BCUT2D eigenvalue weighted by atomic mass is 10.2. The first kappa shape index (κ1) is 17.8. The van der Waals surface area contributed by atoms with Crippen LogP contribution in [0.25, 0.3) is 0 Å². The lowest BCUT2D eigenvalue weighted by Crippen LogP contribution is -2.47. The number of halogens is 1. The Morgan fingerprint density at radius 1 is 1.40 bits per heavy atom. The number of ether oxygens (including phenoxy) is 2. The minimum atomic E-state index is -0.615. The van der Waals surface area contributed by atoms with Gasteiger partial charge < -0.3 is 14.6 Å². The van der Waals surface area contributed by atoms with Crippen molar-refractivity contribution in [2.45, 2.75) is 25.7 Å². The first-order chi connectivity index (χ1) is 12.1. The number of β-amino-alcohol motifs (C(OH)–C–C–N with tert-alkyl or cyclic N) is 1. The molecule has 1 aliphatic heterocycles. The molecule has 0 amide bonds. The van der Waals surface area contributed by atoms with Gasteiger partial charge in [0.2, 0.25) is 0 Å². The van der Waals surface area contributed by atoms with Crippen LogP contribution in [0, 0.1) is 12.7 Å². The summed E-state index contributed by atoms with van der Waals surface area (Å²) >= 11 is 0. The van der Waals surface area contributed by atoms with Gasteiger partial charge in [-0.15, -0.1) is 0 Å². The highest BCUT2D eigenvalue weighted by atomic mass is 19.1. The Bertz CT molecular complexity index is 662. The molecule has 0 spiro atoms. The van der Waals surface area contributed by atoms with E-state index in [1.54, 1.807) is 12.1 Å². The van der Waals surface area contributed by atoms with E-state index in [9.17, 15) is 9.50 Å². The number of aliphatic hydroxyl groups excluding tert-OH is 1. The molecule has 0 aliphatic carbocycles. The molecule has 1 saturated heterocycles. The summed E-state index contributed by atoms with van der Waals surface area (Å²) in [5.41, 5.74) is 1.13. The van der Waals surface area contributed by atoms with Gasteiger partial charge in [-0.2, -0.15) is 5.10 Å². The maximum atomic E-state index is 12.9. The van der Waals surface area contributed by atoms with Crippen molar-refractivity contribution in [1.82, 2.24) is 14.7 Å². The Morgan fingerprint density at radius 2 is 2.20 bits per heavy atom. The van der Waals surface area contributed by atoms with E-state index >= 15 is 0 Å². The minimum Gasteiger partial charge on any atom is -0.491 e. The normalized spacial score (nSPS) is 19.7. The molecule has 0 bridgehead atoms. The first-order valence-corrected chi connectivity index (χ1v) is 8.48. The maximum Gasteiger partial charge on any atom is 0.123 e. The van der Waals surface area contributed by atoms with Crippen LogP contribution in [0.5, 0.6) is 5.75 Å². The van der Waals surface area contributed by atoms with E-state index in [0.29, 0.717) is 25.4 Å². The molecule has 25 heavy (non-hydrogen) atoms. The van der Waals surface area contributed by atoms with Gasteiger partial charge in [0.1, 0.15) is 24.3 Å². The lowest BCUT2D eigenvalue weighted by Gasteiger charge is -2.33. The zero-order valence-corrected chi connectivity index (χ0v) is 14.3. The smallest absolute Gasteiger partial charge is 0.123 e. The highest BCUT2D eigenvalue weighted by Crippen LogP contribution is 2.12.